The van der Waals surface area contributed by atoms with Crippen LogP contribution < -0.4 is 15.8 Å². The number of anilines is 1. The van der Waals surface area contributed by atoms with Crippen LogP contribution in [0.5, 0.6) is 5.75 Å². The second-order valence-electron chi connectivity index (χ2n) is 5.71. The second kappa shape index (κ2) is 5.78. The quantitative estimate of drug-likeness (QED) is 0.842. The van der Waals surface area contributed by atoms with Crippen LogP contribution in [-0.4, -0.2) is 7.11 Å². The lowest BCUT2D eigenvalue weighted by atomic mass is 10.0. The number of aryl methyl sites for hydroxylation is 1. The number of nitrogens with two attached hydrogens (primary N) is 1. The Morgan fingerprint density at radius 1 is 1.19 bits per heavy atom. The summed E-state index contributed by atoms with van der Waals surface area (Å²) in [6.45, 7) is 2.21. The zero-order valence-corrected chi connectivity index (χ0v) is 12.6. The van der Waals surface area contributed by atoms with E-state index in [0.717, 1.165) is 24.3 Å². The molecule has 0 heterocycles. The van der Waals surface area contributed by atoms with Crippen molar-refractivity contribution in [1.29, 1.82) is 0 Å². The van der Waals surface area contributed by atoms with Gasteiger partial charge in [-0.1, -0.05) is 18.2 Å². The van der Waals surface area contributed by atoms with Crippen LogP contribution in [0.4, 0.5) is 5.69 Å². The maximum atomic E-state index is 5.86. The minimum atomic E-state index is 0.310. The van der Waals surface area contributed by atoms with Crippen molar-refractivity contribution in [2.45, 2.75) is 31.8 Å². The first-order valence-corrected chi connectivity index (χ1v) is 7.45. The summed E-state index contributed by atoms with van der Waals surface area (Å²) in [5.74, 6) is 0.896. The Labute approximate surface area is 126 Å². The van der Waals surface area contributed by atoms with Crippen LogP contribution in [0.25, 0.3) is 0 Å². The van der Waals surface area contributed by atoms with Gasteiger partial charge >= 0.3 is 0 Å². The Morgan fingerprint density at radius 3 is 2.67 bits per heavy atom. The molecule has 0 aliphatic heterocycles. The SMILES string of the molecule is COc1ccc([C@@H](C)NC2CCc3cc(N)ccc32)cc1. The van der Waals surface area contributed by atoms with Gasteiger partial charge in [-0.2, -0.15) is 0 Å². The van der Waals surface area contributed by atoms with Gasteiger partial charge in [-0.25, -0.2) is 0 Å². The van der Waals surface area contributed by atoms with Gasteiger partial charge in [0.1, 0.15) is 5.75 Å². The van der Waals surface area contributed by atoms with E-state index in [0.29, 0.717) is 12.1 Å². The van der Waals surface area contributed by atoms with E-state index in [-0.39, 0.29) is 0 Å². The monoisotopic (exact) mass is 282 g/mol. The molecule has 3 heteroatoms. The lowest BCUT2D eigenvalue weighted by Crippen LogP contribution is -2.23. The molecule has 3 N–H and O–H groups in total. The smallest absolute Gasteiger partial charge is 0.118 e. The molecule has 1 aliphatic carbocycles. The molecular weight excluding hydrogens is 260 g/mol. The summed E-state index contributed by atoms with van der Waals surface area (Å²) in [5.41, 5.74) is 10.8. The van der Waals surface area contributed by atoms with Crippen molar-refractivity contribution in [3.8, 4) is 5.75 Å². The van der Waals surface area contributed by atoms with Crippen molar-refractivity contribution in [3.63, 3.8) is 0 Å². The summed E-state index contributed by atoms with van der Waals surface area (Å²) in [7, 11) is 1.69. The number of hydrogen-bond acceptors (Lipinski definition) is 3. The van der Waals surface area contributed by atoms with E-state index in [1.165, 1.54) is 16.7 Å². The highest BCUT2D eigenvalue weighted by Gasteiger charge is 2.23. The van der Waals surface area contributed by atoms with Gasteiger partial charge in [0, 0.05) is 17.8 Å². The van der Waals surface area contributed by atoms with E-state index in [1.54, 1.807) is 7.11 Å². The molecule has 0 saturated heterocycles. The van der Waals surface area contributed by atoms with Crippen molar-refractivity contribution in [3.05, 3.63) is 59.2 Å². The Bertz CT molecular complexity index is 622. The van der Waals surface area contributed by atoms with Crippen molar-refractivity contribution >= 4 is 5.69 Å². The van der Waals surface area contributed by atoms with Gasteiger partial charge in [0.15, 0.2) is 0 Å². The molecule has 2 atom stereocenters. The van der Waals surface area contributed by atoms with Gasteiger partial charge in [0.2, 0.25) is 0 Å². The standard InChI is InChI=1S/C18H22N2O/c1-12(13-3-7-16(21-2)8-4-13)20-18-10-5-14-11-15(19)6-9-17(14)18/h3-4,6-9,11-12,18,20H,5,10,19H2,1-2H3/t12-,18?/m1/s1. The third-order valence-corrected chi connectivity index (χ3v) is 4.31. The normalized spacial score (nSPS) is 18.3. The first-order chi connectivity index (χ1) is 10.2. The summed E-state index contributed by atoms with van der Waals surface area (Å²) in [6, 6.07) is 15.3. The van der Waals surface area contributed by atoms with Crippen LogP contribution in [0.2, 0.25) is 0 Å². The highest BCUT2D eigenvalue weighted by molar-refractivity contribution is 5.47. The van der Waals surface area contributed by atoms with Gasteiger partial charge < -0.3 is 15.8 Å². The fraction of sp³-hybridized carbons (Fsp3) is 0.333. The molecule has 110 valence electrons. The van der Waals surface area contributed by atoms with Crippen LogP contribution in [0, 0.1) is 0 Å². The summed E-state index contributed by atoms with van der Waals surface area (Å²) < 4.78 is 5.21. The minimum absolute atomic E-state index is 0.310. The fourth-order valence-electron chi connectivity index (χ4n) is 3.10. The van der Waals surface area contributed by atoms with Crippen molar-refractivity contribution < 1.29 is 4.74 Å². The van der Waals surface area contributed by atoms with Crippen molar-refractivity contribution in [2.24, 2.45) is 0 Å². The highest BCUT2D eigenvalue weighted by atomic mass is 16.5. The number of hydrogen-bond donors (Lipinski definition) is 2. The number of methoxy groups -OCH3 is 1. The lowest BCUT2D eigenvalue weighted by molar-refractivity contribution is 0.414. The third-order valence-electron chi connectivity index (χ3n) is 4.31. The molecular formula is C18H22N2O. The number of benzene rings is 2. The molecule has 21 heavy (non-hydrogen) atoms. The molecule has 0 radical (unpaired) electrons. The number of fused-ring (bicyclic) bond motifs is 1. The maximum absolute atomic E-state index is 5.86. The fourth-order valence-corrected chi connectivity index (χ4v) is 3.10. The molecule has 0 saturated carbocycles. The third kappa shape index (κ3) is 2.88. The Hall–Kier alpha value is -2.00. The Balaban J connectivity index is 1.72. The van der Waals surface area contributed by atoms with E-state index in [2.05, 4.69) is 36.5 Å². The van der Waals surface area contributed by atoms with Crippen molar-refractivity contribution in [1.82, 2.24) is 5.32 Å². The van der Waals surface area contributed by atoms with E-state index >= 15 is 0 Å². The van der Waals surface area contributed by atoms with Gasteiger partial charge in [-0.05, 0) is 60.7 Å². The van der Waals surface area contributed by atoms with E-state index in [4.69, 9.17) is 10.5 Å². The van der Waals surface area contributed by atoms with Crippen LogP contribution in [0.15, 0.2) is 42.5 Å². The van der Waals surface area contributed by atoms with Crippen molar-refractivity contribution in [2.75, 3.05) is 12.8 Å². The predicted molar refractivity (Wildman–Crippen MR) is 86.5 cm³/mol. The van der Waals surface area contributed by atoms with E-state index in [1.807, 2.05) is 18.2 Å². The molecule has 3 rings (SSSR count). The zero-order chi connectivity index (χ0) is 14.8. The van der Waals surface area contributed by atoms with Crippen LogP contribution in [0.1, 0.15) is 42.1 Å². The number of rotatable bonds is 4. The van der Waals surface area contributed by atoms with Gasteiger partial charge in [-0.3, -0.25) is 0 Å². The highest BCUT2D eigenvalue weighted by Crippen LogP contribution is 2.34. The molecule has 0 aromatic heterocycles. The summed E-state index contributed by atoms with van der Waals surface area (Å²) in [4.78, 5) is 0. The first kappa shape index (κ1) is 14.0. The second-order valence-corrected chi connectivity index (χ2v) is 5.71. The molecule has 0 bridgehead atoms. The minimum Gasteiger partial charge on any atom is -0.497 e. The summed E-state index contributed by atoms with van der Waals surface area (Å²) in [5, 5.41) is 3.73. The van der Waals surface area contributed by atoms with Crippen LogP contribution in [0.3, 0.4) is 0 Å². The number of nitrogen functional groups attached to an aromatic ring is 1. The summed E-state index contributed by atoms with van der Waals surface area (Å²) in [6.07, 6.45) is 2.24. The molecule has 3 nitrogen and oxygen atoms in total. The van der Waals surface area contributed by atoms with Crippen LogP contribution >= 0.6 is 0 Å². The molecule has 1 unspecified atom stereocenters. The Morgan fingerprint density at radius 2 is 1.95 bits per heavy atom. The maximum Gasteiger partial charge on any atom is 0.118 e. The lowest BCUT2D eigenvalue weighted by Gasteiger charge is -2.21. The molecule has 2 aromatic rings. The average molecular weight is 282 g/mol. The molecule has 1 aliphatic rings. The first-order valence-electron chi connectivity index (χ1n) is 7.45. The molecule has 0 spiro atoms. The zero-order valence-electron chi connectivity index (χ0n) is 12.6. The summed E-state index contributed by atoms with van der Waals surface area (Å²) >= 11 is 0. The van der Waals surface area contributed by atoms with Gasteiger partial charge in [-0.15, -0.1) is 0 Å². The van der Waals surface area contributed by atoms with E-state index < -0.39 is 0 Å². The molecule has 2 aromatic carbocycles. The number of ether oxygens (including phenoxy) is 1. The predicted octanol–water partition coefficient (Wildman–Crippen LogP) is 3.62. The largest absolute Gasteiger partial charge is 0.497 e. The number of nitrogens with one attached hydrogen (secondary N) is 1. The van der Waals surface area contributed by atoms with E-state index in [9.17, 15) is 0 Å². The van der Waals surface area contributed by atoms with Gasteiger partial charge in [0.05, 0.1) is 7.11 Å². The van der Waals surface area contributed by atoms with Gasteiger partial charge in [0.25, 0.3) is 0 Å². The average Bonchev–Trinajstić information content (AvgIpc) is 2.89. The molecule has 0 fully saturated rings. The topological polar surface area (TPSA) is 47.3 Å². The molecule has 0 amide bonds. The Kier molecular flexibility index (Phi) is 3.84. The van der Waals surface area contributed by atoms with Crippen LogP contribution in [-0.2, 0) is 6.42 Å².